The SMILES string of the molecule is C[C@H](O)c1cc([N+](=O)[O-])ccc1OCc1ccn(C)n1. The van der Waals surface area contributed by atoms with E-state index in [2.05, 4.69) is 5.10 Å². The number of nitro groups is 1. The summed E-state index contributed by atoms with van der Waals surface area (Å²) in [4.78, 5) is 10.2. The van der Waals surface area contributed by atoms with Crippen LogP contribution in [0.15, 0.2) is 30.5 Å². The van der Waals surface area contributed by atoms with Crippen molar-refractivity contribution >= 4 is 5.69 Å². The lowest BCUT2D eigenvalue weighted by Gasteiger charge is -2.12. The molecule has 7 nitrogen and oxygen atoms in total. The summed E-state index contributed by atoms with van der Waals surface area (Å²) in [7, 11) is 1.80. The van der Waals surface area contributed by atoms with Gasteiger partial charge >= 0.3 is 0 Å². The average molecular weight is 277 g/mol. The molecule has 7 heteroatoms. The maximum atomic E-state index is 10.7. The van der Waals surface area contributed by atoms with Gasteiger partial charge in [-0.05, 0) is 19.1 Å². The van der Waals surface area contributed by atoms with E-state index in [4.69, 9.17) is 4.74 Å². The summed E-state index contributed by atoms with van der Waals surface area (Å²) in [6, 6.07) is 5.97. The molecular weight excluding hydrogens is 262 g/mol. The highest BCUT2D eigenvalue weighted by atomic mass is 16.6. The van der Waals surface area contributed by atoms with Gasteiger partial charge in [0.05, 0.1) is 16.7 Å². The van der Waals surface area contributed by atoms with Crippen LogP contribution < -0.4 is 4.74 Å². The van der Waals surface area contributed by atoms with Gasteiger partial charge in [0.15, 0.2) is 0 Å². The van der Waals surface area contributed by atoms with E-state index in [1.807, 2.05) is 6.07 Å². The molecule has 0 saturated heterocycles. The standard InChI is InChI=1S/C13H15N3O4/c1-9(17)12-7-11(16(18)19)3-4-13(12)20-8-10-5-6-15(2)14-10/h3-7,9,17H,8H2,1-2H3/t9-/m0/s1. The van der Waals surface area contributed by atoms with Crippen LogP contribution in [0.2, 0.25) is 0 Å². The summed E-state index contributed by atoms with van der Waals surface area (Å²) in [5.41, 5.74) is 1.05. The molecule has 1 aromatic carbocycles. The van der Waals surface area contributed by atoms with Crippen molar-refractivity contribution in [3.8, 4) is 5.75 Å². The lowest BCUT2D eigenvalue weighted by molar-refractivity contribution is -0.385. The average Bonchev–Trinajstić information content (AvgIpc) is 2.81. The second kappa shape index (κ2) is 5.70. The summed E-state index contributed by atoms with van der Waals surface area (Å²) in [5, 5.41) is 24.6. The van der Waals surface area contributed by atoms with Crippen LogP contribution in [0.1, 0.15) is 24.3 Å². The fraction of sp³-hybridized carbons (Fsp3) is 0.308. The van der Waals surface area contributed by atoms with Gasteiger partial charge in [-0.3, -0.25) is 14.8 Å². The van der Waals surface area contributed by atoms with Crippen molar-refractivity contribution in [1.29, 1.82) is 0 Å². The Morgan fingerprint density at radius 3 is 2.80 bits per heavy atom. The topological polar surface area (TPSA) is 90.4 Å². The number of rotatable bonds is 5. The van der Waals surface area contributed by atoms with Crippen LogP contribution in [0.5, 0.6) is 5.75 Å². The molecule has 1 atom stereocenters. The Labute approximate surface area is 115 Å². The van der Waals surface area contributed by atoms with Crippen molar-refractivity contribution in [2.75, 3.05) is 0 Å². The third-order valence-corrected chi connectivity index (χ3v) is 2.80. The highest BCUT2D eigenvalue weighted by molar-refractivity contribution is 5.44. The molecule has 0 radical (unpaired) electrons. The maximum Gasteiger partial charge on any atom is 0.270 e. The molecule has 20 heavy (non-hydrogen) atoms. The minimum absolute atomic E-state index is 0.0777. The molecule has 0 aliphatic carbocycles. The first-order valence-electron chi connectivity index (χ1n) is 6.05. The van der Waals surface area contributed by atoms with Crippen LogP contribution in [-0.4, -0.2) is 19.8 Å². The Bertz CT molecular complexity index is 622. The van der Waals surface area contributed by atoms with E-state index in [0.29, 0.717) is 11.3 Å². The largest absolute Gasteiger partial charge is 0.487 e. The Hall–Kier alpha value is -2.41. The zero-order valence-corrected chi connectivity index (χ0v) is 11.2. The van der Waals surface area contributed by atoms with Crippen LogP contribution in [-0.2, 0) is 13.7 Å². The van der Waals surface area contributed by atoms with E-state index in [1.165, 1.54) is 25.1 Å². The first kappa shape index (κ1) is 14.0. The number of hydrogen-bond acceptors (Lipinski definition) is 5. The molecule has 0 amide bonds. The van der Waals surface area contributed by atoms with Gasteiger partial charge in [0.1, 0.15) is 12.4 Å². The minimum atomic E-state index is -0.853. The molecule has 2 rings (SSSR count). The number of hydrogen-bond donors (Lipinski definition) is 1. The Balaban J connectivity index is 2.20. The molecule has 0 bridgehead atoms. The molecule has 0 aliphatic rings. The summed E-state index contributed by atoms with van der Waals surface area (Å²) in [5.74, 6) is 0.413. The fourth-order valence-corrected chi connectivity index (χ4v) is 1.80. The van der Waals surface area contributed by atoms with Gasteiger partial charge in [0.2, 0.25) is 0 Å². The summed E-state index contributed by atoms with van der Waals surface area (Å²) in [6.45, 7) is 1.77. The van der Waals surface area contributed by atoms with Gasteiger partial charge in [0, 0.05) is 30.9 Å². The molecule has 0 fully saturated rings. The fourth-order valence-electron chi connectivity index (χ4n) is 1.80. The third kappa shape index (κ3) is 3.12. The number of nitrogens with zero attached hydrogens (tertiary/aromatic N) is 3. The second-order valence-electron chi connectivity index (χ2n) is 4.42. The quantitative estimate of drug-likeness (QED) is 0.666. The molecule has 0 unspecified atom stereocenters. The zero-order chi connectivity index (χ0) is 14.7. The number of non-ortho nitro benzene ring substituents is 1. The summed E-state index contributed by atoms with van der Waals surface area (Å²) in [6.07, 6.45) is 0.943. The second-order valence-corrected chi connectivity index (χ2v) is 4.42. The number of aromatic nitrogens is 2. The third-order valence-electron chi connectivity index (χ3n) is 2.80. The van der Waals surface area contributed by atoms with Gasteiger partial charge in [0.25, 0.3) is 5.69 Å². The van der Waals surface area contributed by atoms with Gasteiger partial charge in [-0.1, -0.05) is 0 Å². The number of aliphatic hydroxyl groups is 1. The number of benzene rings is 1. The van der Waals surface area contributed by atoms with E-state index < -0.39 is 11.0 Å². The van der Waals surface area contributed by atoms with Crippen LogP contribution in [0.4, 0.5) is 5.69 Å². The van der Waals surface area contributed by atoms with E-state index in [0.717, 1.165) is 5.69 Å². The van der Waals surface area contributed by atoms with Gasteiger partial charge in [-0.15, -0.1) is 0 Å². The summed E-state index contributed by atoms with van der Waals surface area (Å²) < 4.78 is 7.23. The van der Waals surface area contributed by atoms with Crippen molar-refractivity contribution in [2.24, 2.45) is 7.05 Å². The Kier molecular flexibility index (Phi) is 3.99. The normalized spacial score (nSPS) is 12.2. The van der Waals surface area contributed by atoms with Crippen molar-refractivity contribution in [2.45, 2.75) is 19.6 Å². The van der Waals surface area contributed by atoms with Crippen molar-refractivity contribution in [3.05, 3.63) is 51.8 Å². The predicted octanol–water partition coefficient (Wildman–Crippen LogP) is 1.96. The molecule has 1 heterocycles. The molecule has 0 spiro atoms. The van der Waals surface area contributed by atoms with Crippen LogP contribution in [0.25, 0.3) is 0 Å². The van der Waals surface area contributed by atoms with Crippen LogP contribution >= 0.6 is 0 Å². The molecule has 106 valence electrons. The molecule has 0 saturated carbocycles. The zero-order valence-electron chi connectivity index (χ0n) is 11.2. The highest BCUT2D eigenvalue weighted by Crippen LogP contribution is 2.29. The predicted molar refractivity (Wildman–Crippen MR) is 71.3 cm³/mol. The number of nitro benzene ring substituents is 1. The van der Waals surface area contributed by atoms with E-state index >= 15 is 0 Å². The number of aliphatic hydroxyl groups excluding tert-OH is 1. The van der Waals surface area contributed by atoms with Crippen molar-refractivity contribution < 1.29 is 14.8 Å². The van der Waals surface area contributed by atoms with E-state index in [-0.39, 0.29) is 12.3 Å². The first-order chi connectivity index (χ1) is 9.47. The monoisotopic (exact) mass is 277 g/mol. The van der Waals surface area contributed by atoms with Crippen molar-refractivity contribution in [1.82, 2.24) is 9.78 Å². The van der Waals surface area contributed by atoms with Gasteiger partial charge in [-0.25, -0.2) is 0 Å². The van der Waals surface area contributed by atoms with Crippen LogP contribution in [0.3, 0.4) is 0 Å². The van der Waals surface area contributed by atoms with E-state index in [9.17, 15) is 15.2 Å². The molecule has 2 aromatic rings. The van der Waals surface area contributed by atoms with Gasteiger partial charge in [-0.2, -0.15) is 5.10 Å². The highest BCUT2D eigenvalue weighted by Gasteiger charge is 2.15. The number of aryl methyl sites for hydroxylation is 1. The molecular formula is C13H15N3O4. The lowest BCUT2D eigenvalue weighted by Crippen LogP contribution is -2.03. The molecule has 1 aromatic heterocycles. The van der Waals surface area contributed by atoms with E-state index in [1.54, 1.807) is 17.9 Å². The van der Waals surface area contributed by atoms with Gasteiger partial charge < -0.3 is 9.84 Å². The molecule has 0 aliphatic heterocycles. The smallest absolute Gasteiger partial charge is 0.270 e. The molecule has 1 N–H and O–H groups in total. The Morgan fingerprint density at radius 1 is 1.50 bits per heavy atom. The maximum absolute atomic E-state index is 10.7. The minimum Gasteiger partial charge on any atom is -0.487 e. The number of ether oxygens (including phenoxy) is 1. The van der Waals surface area contributed by atoms with Crippen LogP contribution in [0, 0.1) is 10.1 Å². The Morgan fingerprint density at radius 2 is 2.25 bits per heavy atom. The lowest BCUT2D eigenvalue weighted by atomic mass is 10.1. The summed E-state index contributed by atoms with van der Waals surface area (Å²) >= 11 is 0. The first-order valence-corrected chi connectivity index (χ1v) is 6.05. The van der Waals surface area contributed by atoms with Crippen molar-refractivity contribution in [3.63, 3.8) is 0 Å².